The van der Waals surface area contributed by atoms with Crippen molar-refractivity contribution in [3.63, 3.8) is 0 Å². The predicted molar refractivity (Wildman–Crippen MR) is 60.3 cm³/mol. The molecule has 2 nitrogen and oxygen atoms in total. The Morgan fingerprint density at radius 2 is 1.79 bits per heavy atom. The van der Waals surface area contributed by atoms with Crippen molar-refractivity contribution in [1.29, 1.82) is 0 Å². The molecular weight excluding hydrogens is 174 g/mol. The van der Waals surface area contributed by atoms with Crippen LogP contribution in [0.25, 0.3) is 0 Å². The van der Waals surface area contributed by atoms with Gasteiger partial charge in [-0.25, -0.2) is 0 Å². The summed E-state index contributed by atoms with van der Waals surface area (Å²) in [6, 6.07) is 0.836. The number of hydrogen-bond donors (Lipinski definition) is 2. The maximum Gasteiger partial charge on any atom is 0.0587 e. The van der Waals surface area contributed by atoms with Crippen LogP contribution in [0.1, 0.15) is 46.5 Å². The Labute approximate surface area is 88.1 Å². The van der Waals surface area contributed by atoms with Gasteiger partial charge in [0.15, 0.2) is 0 Å². The fourth-order valence-corrected chi connectivity index (χ4v) is 2.39. The molecule has 2 heteroatoms. The highest BCUT2D eigenvalue weighted by atomic mass is 16.3. The summed E-state index contributed by atoms with van der Waals surface area (Å²) >= 11 is 0. The van der Waals surface area contributed by atoms with Gasteiger partial charge in [0.2, 0.25) is 0 Å². The molecule has 84 valence electrons. The van der Waals surface area contributed by atoms with Crippen LogP contribution in [0.2, 0.25) is 0 Å². The highest BCUT2D eigenvalue weighted by Gasteiger charge is 2.24. The molecule has 1 fully saturated rings. The van der Waals surface area contributed by atoms with Gasteiger partial charge < -0.3 is 10.4 Å². The average molecular weight is 199 g/mol. The van der Waals surface area contributed by atoms with Gasteiger partial charge in [0, 0.05) is 12.1 Å². The lowest BCUT2D eigenvalue weighted by Crippen LogP contribution is -2.45. The quantitative estimate of drug-likeness (QED) is 0.711. The molecule has 1 aliphatic rings. The van der Waals surface area contributed by atoms with Crippen LogP contribution in [0, 0.1) is 11.8 Å². The van der Waals surface area contributed by atoms with Gasteiger partial charge in [0.1, 0.15) is 0 Å². The summed E-state index contributed by atoms with van der Waals surface area (Å²) in [5.74, 6) is 1.35. The summed E-state index contributed by atoms with van der Waals surface area (Å²) in [5, 5.41) is 12.8. The van der Waals surface area contributed by atoms with Gasteiger partial charge in [0.25, 0.3) is 0 Å². The molecule has 1 aliphatic carbocycles. The molecule has 2 N–H and O–H groups in total. The third-order valence-corrected chi connectivity index (χ3v) is 3.59. The second kappa shape index (κ2) is 5.72. The Balaban J connectivity index is 2.33. The second-order valence-electron chi connectivity index (χ2n) is 5.03. The van der Waals surface area contributed by atoms with Gasteiger partial charge in [0.05, 0.1) is 6.61 Å². The van der Waals surface area contributed by atoms with Crippen molar-refractivity contribution in [3.8, 4) is 0 Å². The predicted octanol–water partition coefficient (Wildman–Crippen LogP) is 2.17. The monoisotopic (exact) mass is 199 g/mol. The lowest BCUT2D eigenvalue weighted by atomic mass is 9.96. The van der Waals surface area contributed by atoms with E-state index in [1.165, 1.54) is 25.7 Å². The van der Waals surface area contributed by atoms with Crippen molar-refractivity contribution in [2.45, 2.75) is 58.5 Å². The smallest absolute Gasteiger partial charge is 0.0587 e. The van der Waals surface area contributed by atoms with Crippen molar-refractivity contribution >= 4 is 0 Å². The zero-order valence-corrected chi connectivity index (χ0v) is 9.79. The van der Waals surface area contributed by atoms with Crippen LogP contribution in [-0.2, 0) is 0 Å². The molecule has 0 amide bonds. The molecule has 0 aromatic heterocycles. The molecule has 0 radical (unpaired) electrons. The van der Waals surface area contributed by atoms with E-state index in [9.17, 15) is 5.11 Å². The molecular formula is C12H25NO. The van der Waals surface area contributed by atoms with E-state index in [2.05, 4.69) is 26.1 Å². The van der Waals surface area contributed by atoms with Crippen LogP contribution < -0.4 is 5.32 Å². The summed E-state index contributed by atoms with van der Waals surface area (Å²) in [4.78, 5) is 0. The molecule has 0 aromatic rings. The van der Waals surface area contributed by atoms with Crippen molar-refractivity contribution in [3.05, 3.63) is 0 Å². The highest BCUT2D eigenvalue weighted by Crippen LogP contribution is 2.27. The Hall–Kier alpha value is -0.0800. The zero-order valence-electron chi connectivity index (χ0n) is 9.79. The van der Waals surface area contributed by atoms with Gasteiger partial charge in [-0.3, -0.25) is 0 Å². The fourth-order valence-electron chi connectivity index (χ4n) is 2.39. The maximum atomic E-state index is 9.23. The third kappa shape index (κ3) is 3.25. The van der Waals surface area contributed by atoms with Crippen molar-refractivity contribution < 1.29 is 5.11 Å². The molecule has 1 saturated carbocycles. The Morgan fingerprint density at radius 3 is 2.21 bits per heavy atom. The van der Waals surface area contributed by atoms with E-state index in [1.807, 2.05) is 0 Å². The Bertz CT molecular complexity index is 152. The normalized spacial score (nSPS) is 22.9. The minimum Gasteiger partial charge on any atom is -0.395 e. The molecule has 0 heterocycles. The van der Waals surface area contributed by atoms with Gasteiger partial charge in [-0.05, 0) is 31.6 Å². The molecule has 0 bridgehead atoms. The first-order valence-corrected chi connectivity index (χ1v) is 6.02. The molecule has 14 heavy (non-hydrogen) atoms. The number of aliphatic hydroxyl groups excluding tert-OH is 1. The van der Waals surface area contributed by atoms with Gasteiger partial charge >= 0.3 is 0 Å². The second-order valence-corrected chi connectivity index (χ2v) is 5.03. The van der Waals surface area contributed by atoms with E-state index < -0.39 is 0 Å². The molecule has 1 rings (SSSR count). The van der Waals surface area contributed by atoms with Gasteiger partial charge in [-0.15, -0.1) is 0 Å². The number of nitrogens with one attached hydrogen (secondary N) is 1. The molecule has 0 saturated heterocycles. The molecule has 0 aromatic carbocycles. The highest BCUT2D eigenvalue weighted by molar-refractivity contribution is 4.81. The van der Waals surface area contributed by atoms with Crippen molar-refractivity contribution in [2.24, 2.45) is 11.8 Å². The largest absolute Gasteiger partial charge is 0.395 e. The molecule has 0 spiro atoms. The average Bonchev–Trinajstić information content (AvgIpc) is 2.65. The summed E-state index contributed by atoms with van der Waals surface area (Å²) in [6.45, 7) is 6.85. The fraction of sp³-hybridized carbons (Fsp3) is 1.00. The number of hydrogen-bond acceptors (Lipinski definition) is 2. The summed E-state index contributed by atoms with van der Waals surface area (Å²) < 4.78 is 0. The van der Waals surface area contributed by atoms with Crippen molar-refractivity contribution in [1.82, 2.24) is 5.32 Å². The first kappa shape index (κ1) is 12.0. The summed E-state index contributed by atoms with van der Waals surface area (Å²) in [7, 11) is 0. The third-order valence-electron chi connectivity index (χ3n) is 3.59. The van der Waals surface area contributed by atoms with Gasteiger partial charge in [-0.1, -0.05) is 26.7 Å². The summed E-state index contributed by atoms with van der Waals surface area (Å²) in [6.07, 6.45) is 5.51. The lowest BCUT2D eigenvalue weighted by molar-refractivity contribution is 0.188. The SMILES string of the molecule is CC(N[C@H](CO)C(C)C)C1CCCC1. The molecule has 2 atom stereocenters. The summed E-state index contributed by atoms with van der Waals surface area (Å²) in [5.41, 5.74) is 0. The van der Waals surface area contributed by atoms with Crippen LogP contribution >= 0.6 is 0 Å². The van der Waals surface area contributed by atoms with E-state index in [4.69, 9.17) is 0 Å². The minimum atomic E-state index is 0.259. The van der Waals surface area contributed by atoms with E-state index in [0.29, 0.717) is 12.0 Å². The number of aliphatic hydroxyl groups is 1. The molecule has 1 unspecified atom stereocenters. The standard InChI is InChI=1S/C12H25NO/c1-9(2)12(8-14)13-10(3)11-6-4-5-7-11/h9-14H,4-8H2,1-3H3/t10?,12-/m1/s1. The van der Waals surface area contributed by atoms with Crippen LogP contribution in [0.15, 0.2) is 0 Å². The topological polar surface area (TPSA) is 32.3 Å². The van der Waals surface area contributed by atoms with Crippen LogP contribution in [0.4, 0.5) is 0 Å². The number of rotatable bonds is 5. The minimum absolute atomic E-state index is 0.259. The van der Waals surface area contributed by atoms with Gasteiger partial charge in [-0.2, -0.15) is 0 Å². The Morgan fingerprint density at radius 1 is 1.21 bits per heavy atom. The van der Waals surface area contributed by atoms with Crippen LogP contribution in [0.5, 0.6) is 0 Å². The van der Waals surface area contributed by atoms with Crippen molar-refractivity contribution in [2.75, 3.05) is 6.61 Å². The maximum absolute atomic E-state index is 9.23. The van der Waals surface area contributed by atoms with E-state index >= 15 is 0 Å². The first-order valence-electron chi connectivity index (χ1n) is 6.02. The van der Waals surface area contributed by atoms with E-state index in [-0.39, 0.29) is 12.6 Å². The molecule has 0 aliphatic heterocycles. The van der Waals surface area contributed by atoms with E-state index in [1.54, 1.807) is 0 Å². The zero-order chi connectivity index (χ0) is 10.6. The lowest BCUT2D eigenvalue weighted by Gasteiger charge is -2.28. The Kier molecular flexibility index (Phi) is 4.90. The van der Waals surface area contributed by atoms with Crippen LogP contribution in [0.3, 0.4) is 0 Å². The van der Waals surface area contributed by atoms with E-state index in [0.717, 1.165) is 5.92 Å². The van der Waals surface area contributed by atoms with Crippen LogP contribution in [-0.4, -0.2) is 23.8 Å². The first-order chi connectivity index (χ1) is 6.65.